The largest absolute Gasteiger partial charge is 0.497 e. The van der Waals surface area contributed by atoms with Crippen LogP contribution >= 0.6 is 0 Å². The zero-order valence-corrected chi connectivity index (χ0v) is 14.7. The molecule has 0 spiro atoms. The lowest BCUT2D eigenvalue weighted by Crippen LogP contribution is -2.49. The van der Waals surface area contributed by atoms with Crippen LogP contribution in [0.5, 0.6) is 5.75 Å². The van der Waals surface area contributed by atoms with Crippen LogP contribution in [0.25, 0.3) is 0 Å². The Kier molecular flexibility index (Phi) is 7.03. The van der Waals surface area contributed by atoms with Crippen LogP contribution in [0.4, 0.5) is 4.79 Å². The molecular weight excluding hydrogens is 314 g/mol. The highest BCUT2D eigenvalue weighted by molar-refractivity contribution is 5.82. The van der Waals surface area contributed by atoms with Crippen LogP contribution < -0.4 is 10.1 Å². The van der Waals surface area contributed by atoms with Gasteiger partial charge in [0, 0.05) is 0 Å². The van der Waals surface area contributed by atoms with E-state index in [1.807, 2.05) is 0 Å². The number of nitrogens with one attached hydrogen (secondary N) is 1. The Hall–Kier alpha value is -2.28. The molecule has 0 heterocycles. The van der Waals surface area contributed by atoms with Gasteiger partial charge in [-0.05, 0) is 45.4 Å². The van der Waals surface area contributed by atoms with Crippen LogP contribution in [0.2, 0.25) is 0 Å². The summed E-state index contributed by atoms with van der Waals surface area (Å²) in [6, 6.07) is 5.79. The third-order valence-electron chi connectivity index (χ3n) is 2.95. The summed E-state index contributed by atoms with van der Waals surface area (Å²) in [7, 11) is 1.56. The van der Waals surface area contributed by atoms with Crippen LogP contribution in [0.1, 0.15) is 33.3 Å². The fraction of sp³-hybridized carbons (Fsp3) is 0.529. The Morgan fingerprint density at radius 3 is 2.25 bits per heavy atom. The molecule has 134 valence electrons. The maximum Gasteiger partial charge on any atom is 0.408 e. The van der Waals surface area contributed by atoms with Gasteiger partial charge in [0.25, 0.3) is 0 Å². The van der Waals surface area contributed by atoms with E-state index in [-0.39, 0.29) is 6.61 Å². The molecule has 7 heteroatoms. The molecule has 0 radical (unpaired) electrons. The van der Waals surface area contributed by atoms with Gasteiger partial charge in [-0.25, -0.2) is 9.59 Å². The van der Waals surface area contributed by atoms with Gasteiger partial charge in [-0.1, -0.05) is 12.1 Å². The monoisotopic (exact) mass is 339 g/mol. The Labute approximate surface area is 141 Å². The maximum absolute atomic E-state index is 12.1. The van der Waals surface area contributed by atoms with Crippen molar-refractivity contribution in [2.75, 3.05) is 7.11 Å². The normalized spacial score (nSPS) is 13.6. The lowest BCUT2D eigenvalue weighted by molar-refractivity contribution is -0.150. The molecule has 0 bridgehead atoms. The summed E-state index contributed by atoms with van der Waals surface area (Å²) in [5.74, 6) is -0.0507. The second-order valence-electron chi connectivity index (χ2n) is 6.32. The molecule has 0 aliphatic heterocycles. The third kappa shape index (κ3) is 6.87. The molecule has 0 fully saturated rings. The van der Waals surface area contributed by atoms with Crippen molar-refractivity contribution in [3.63, 3.8) is 0 Å². The number of hydrogen-bond acceptors (Lipinski definition) is 6. The molecule has 2 N–H and O–H groups in total. The second kappa shape index (κ2) is 8.54. The number of methoxy groups -OCH3 is 1. The van der Waals surface area contributed by atoms with Crippen LogP contribution in [0.3, 0.4) is 0 Å². The van der Waals surface area contributed by atoms with Gasteiger partial charge in [0.15, 0.2) is 6.04 Å². The quantitative estimate of drug-likeness (QED) is 0.770. The lowest BCUT2D eigenvalue weighted by atomic mass is 10.2. The summed E-state index contributed by atoms with van der Waals surface area (Å²) < 4.78 is 15.3. The number of aliphatic hydroxyl groups is 1. The first-order valence-corrected chi connectivity index (χ1v) is 7.59. The van der Waals surface area contributed by atoms with Gasteiger partial charge in [0.2, 0.25) is 0 Å². The van der Waals surface area contributed by atoms with E-state index in [1.165, 1.54) is 6.92 Å². The number of carbonyl (C=O) groups is 2. The lowest BCUT2D eigenvalue weighted by Gasteiger charge is -2.24. The van der Waals surface area contributed by atoms with E-state index in [4.69, 9.17) is 14.2 Å². The van der Waals surface area contributed by atoms with Gasteiger partial charge in [-0.15, -0.1) is 0 Å². The number of benzene rings is 1. The molecule has 0 aliphatic carbocycles. The smallest absolute Gasteiger partial charge is 0.408 e. The third-order valence-corrected chi connectivity index (χ3v) is 2.95. The Balaban J connectivity index is 2.61. The number of rotatable bonds is 6. The van der Waals surface area contributed by atoms with E-state index >= 15 is 0 Å². The highest BCUT2D eigenvalue weighted by atomic mass is 16.6. The Morgan fingerprint density at radius 1 is 1.21 bits per heavy atom. The van der Waals surface area contributed by atoms with Crippen molar-refractivity contribution in [2.24, 2.45) is 0 Å². The maximum atomic E-state index is 12.1. The molecular formula is C17H25NO6. The topological polar surface area (TPSA) is 94.1 Å². The van der Waals surface area contributed by atoms with Gasteiger partial charge in [-0.3, -0.25) is 0 Å². The Bertz CT molecular complexity index is 547. The van der Waals surface area contributed by atoms with E-state index in [1.54, 1.807) is 52.1 Å². The van der Waals surface area contributed by atoms with Crippen LogP contribution in [0, 0.1) is 0 Å². The van der Waals surface area contributed by atoms with Crippen molar-refractivity contribution in [3.8, 4) is 5.75 Å². The Morgan fingerprint density at radius 2 is 1.79 bits per heavy atom. The molecule has 1 rings (SSSR count). The first kappa shape index (κ1) is 19.8. The second-order valence-corrected chi connectivity index (χ2v) is 6.32. The number of ether oxygens (including phenoxy) is 3. The van der Waals surface area contributed by atoms with E-state index < -0.39 is 29.8 Å². The van der Waals surface area contributed by atoms with Crippen molar-refractivity contribution < 1.29 is 28.9 Å². The fourth-order valence-corrected chi connectivity index (χ4v) is 1.78. The fourth-order valence-electron chi connectivity index (χ4n) is 1.78. The highest BCUT2D eigenvalue weighted by Crippen LogP contribution is 2.13. The van der Waals surface area contributed by atoms with Crippen molar-refractivity contribution in [3.05, 3.63) is 29.8 Å². The molecule has 0 unspecified atom stereocenters. The van der Waals surface area contributed by atoms with Gasteiger partial charge in [-0.2, -0.15) is 0 Å². The summed E-state index contributed by atoms with van der Waals surface area (Å²) in [6.45, 7) is 6.50. The van der Waals surface area contributed by atoms with E-state index in [9.17, 15) is 14.7 Å². The molecule has 24 heavy (non-hydrogen) atoms. The van der Waals surface area contributed by atoms with Gasteiger partial charge < -0.3 is 24.6 Å². The molecule has 0 saturated carbocycles. The standard InChI is InChI=1S/C17H25NO6/c1-11(19)14(18-16(21)24-17(2,3)4)15(20)23-10-12-6-8-13(22-5)9-7-12/h6-9,11,14,19H,10H2,1-5H3,(H,18,21)/t11-,14+/m1/s1. The number of carbonyl (C=O) groups excluding carboxylic acids is 2. The van der Waals surface area contributed by atoms with Gasteiger partial charge in [0.05, 0.1) is 13.2 Å². The predicted molar refractivity (Wildman–Crippen MR) is 87.6 cm³/mol. The number of amides is 1. The summed E-state index contributed by atoms with van der Waals surface area (Å²) >= 11 is 0. The van der Waals surface area contributed by atoms with Crippen LogP contribution in [-0.2, 0) is 20.9 Å². The summed E-state index contributed by atoms with van der Waals surface area (Å²) in [4.78, 5) is 23.9. The van der Waals surface area contributed by atoms with Crippen molar-refractivity contribution in [1.82, 2.24) is 5.32 Å². The first-order valence-electron chi connectivity index (χ1n) is 7.59. The van der Waals surface area contributed by atoms with Gasteiger partial charge >= 0.3 is 12.1 Å². The minimum Gasteiger partial charge on any atom is -0.497 e. The molecule has 0 aliphatic rings. The zero-order chi connectivity index (χ0) is 18.3. The first-order chi connectivity index (χ1) is 11.1. The SMILES string of the molecule is COc1ccc(COC(=O)[C@@H](NC(=O)OC(C)(C)C)[C@@H](C)O)cc1. The van der Waals surface area contributed by atoms with E-state index in [0.29, 0.717) is 5.75 Å². The van der Waals surface area contributed by atoms with Crippen LogP contribution in [0.15, 0.2) is 24.3 Å². The van der Waals surface area contributed by atoms with Crippen molar-refractivity contribution >= 4 is 12.1 Å². The molecule has 7 nitrogen and oxygen atoms in total. The van der Waals surface area contributed by atoms with Gasteiger partial charge in [0.1, 0.15) is 18.0 Å². The molecule has 2 atom stereocenters. The number of esters is 1. The van der Waals surface area contributed by atoms with E-state index in [2.05, 4.69) is 5.32 Å². The van der Waals surface area contributed by atoms with Crippen molar-refractivity contribution in [2.45, 2.75) is 52.0 Å². The zero-order valence-electron chi connectivity index (χ0n) is 14.7. The molecule has 1 aromatic carbocycles. The highest BCUT2D eigenvalue weighted by Gasteiger charge is 2.29. The van der Waals surface area contributed by atoms with E-state index in [0.717, 1.165) is 5.56 Å². The molecule has 0 saturated heterocycles. The molecule has 0 aromatic heterocycles. The predicted octanol–water partition coefficient (Wildman–Crippen LogP) is 2.01. The summed E-state index contributed by atoms with van der Waals surface area (Å²) in [6.07, 6.45) is -1.92. The molecule has 1 amide bonds. The van der Waals surface area contributed by atoms with Crippen molar-refractivity contribution in [1.29, 1.82) is 0 Å². The average molecular weight is 339 g/mol. The van der Waals surface area contributed by atoms with Crippen LogP contribution in [-0.4, -0.2) is 42.0 Å². The minimum atomic E-state index is -1.21. The number of alkyl carbamates (subject to hydrolysis) is 1. The minimum absolute atomic E-state index is 0.0159. The summed E-state index contributed by atoms with van der Waals surface area (Å²) in [5.41, 5.74) is 0.0473. The average Bonchev–Trinajstić information content (AvgIpc) is 2.48. The number of aliphatic hydroxyl groups excluding tert-OH is 1. The summed E-state index contributed by atoms with van der Waals surface area (Å²) in [5, 5.41) is 12.0. The molecule has 1 aromatic rings. The number of hydrogen-bond donors (Lipinski definition) is 2.